The van der Waals surface area contributed by atoms with Gasteiger partial charge in [-0.1, -0.05) is 41.1 Å². The van der Waals surface area contributed by atoms with Gasteiger partial charge in [0, 0.05) is 38.4 Å². The quantitative estimate of drug-likeness (QED) is 0.331. The molecule has 0 bridgehead atoms. The average Bonchev–Trinajstić information content (AvgIpc) is 3.35. The highest BCUT2D eigenvalue weighted by molar-refractivity contribution is 8.09. The van der Waals surface area contributed by atoms with Crippen molar-refractivity contribution in [2.45, 2.75) is 19.4 Å². The van der Waals surface area contributed by atoms with Crippen molar-refractivity contribution in [1.29, 1.82) is 0 Å². The number of ether oxygens (including phenoxy) is 1. The number of thiazole rings is 1. The van der Waals surface area contributed by atoms with E-state index in [9.17, 15) is 21.6 Å². The number of benzene rings is 2. The second kappa shape index (κ2) is 12.5. The number of hydrogen-bond acceptors (Lipinski definition) is 10. The monoisotopic (exact) mass is 642 g/mol. The molecule has 15 heteroatoms. The normalized spacial score (nSPS) is 16.5. The van der Waals surface area contributed by atoms with Gasteiger partial charge < -0.3 is 14.7 Å². The molecule has 1 atom stereocenters. The maximum absolute atomic E-state index is 12.2. The van der Waals surface area contributed by atoms with Crippen molar-refractivity contribution in [2.24, 2.45) is 0 Å². The van der Waals surface area contributed by atoms with Crippen molar-refractivity contribution in [1.82, 2.24) is 9.88 Å². The fraction of sp³-hybridized carbons (Fsp3) is 0.385. The summed E-state index contributed by atoms with van der Waals surface area (Å²) in [5.41, 5.74) is 1.33. The zero-order valence-corrected chi connectivity index (χ0v) is 25.9. The van der Waals surface area contributed by atoms with E-state index in [1.165, 1.54) is 23.5 Å². The predicted octanol–water partition coefficient (Wildman–Crippen LogP) is 3.41. The zero-order valence-electron chi connectivity index (χ0n) is 22.7. The van der Waals surface area contributed by atoms with Gasteiger partial charge in [-0.05, 0) is 42.3 Å². The van der Waals surface area contributed by atoms with Crippen LogP contribution in [0, 0.1) is 0 Å². The smallest absolute Gasteiger partial charge is 0.307 e. The molecule has 0 aliphatic carbocycles. The second-order valence-corrected chi connectivity index (χ2v) is 15.1. The predicted molar refractivity (Wildman–Crippen MR) is 161 cm³/mol. The average molecular weight is 643 g/mol. The Morgan fingerprint density at radius 1 is 1.15 bits per heavy atom. The number of sulfonamides is 2. The van der Waals surface area contributed by atoms with Crippen LogP contribution in [0.15, 0.2) is 48.7 Å². The van der Waals surface area contributed by atoms with Crippen LogP contribution in [0.2, 0.25) is 5.02 Å². The van der Waals surface area contributed by atoms with E-state index < -0.39 is 26.0 Å². The number of carboxylic acids is 1. The van der Waals surface area contributed by atoms with Gasteiger partial charge in [-0.25, -0.2) is 21.8 Å². The van der Waals surface area contributed by atoms with Crippen molar-refractivity contribution < 1.29 is 31.5 Å². The van der Waals surface area contributed by atoms with Crippen LogP contribution < -0.4 is 13.3 Å². The maximum Gasteiger partial charge on any atom is 0.307 e. The van der Waals surface area contributed by atoms with Crippen LogP contribution in [0.3, 0.4) is 0 Å². The molecule has 1 fully saturated rings. The minimum absolute atomic E-state index is 0.0433. The summed E-state index contributed by atoms with van der Waals surface area (Å²) in [6, 6.07) is 11.6. The lowest BCUT2D eigenvalue weighted by Gasteiger charge is -2.39. The Hall–Kier alpha value is -2.91. The number of carboxylic acid groups (broad SMARTS) is 1. The highest BCUT2D eigenvalue weighted by Crippen LogP contribution is 2.35. The lowest BCUT2D eigenvalue weighted by Crippen LogP contribution is -2.52. The highest BCUT2D eigenvalue weighted by Gasteiger charge is 2.28. The Morgan fingerprint density at radius 3 is 2.54 bits per heavy atom. The molecule has 41 heavy (non-hydrogen) atoms. The van der Waals surface area contributed by atoms with E-state index in [1.54, 1.807) is 36.5 Å². The van der Waals surface area contributed by atoms with Gasteiger partial charge in [0.2, 0.25) is 20.0 Å². The summed E-state index contributed by atoms with van der Waals surface area (Å²) in [5.74, 6) is -0.455. The third kappa shape index (κ3) is 7.89. The fourth-order valence-electron chi connectivity index (χ4n) is 4.66. The summed E-state index contributed by atoms with van der Waals surface area (Å²) in [6.45, 7) is 5.44. The summed E-state index contributed by atoms with van der Waals surface area (Å²) < 4.78 is 55.1. The van der Waals surface area contributed by atoms with Crippen molar-refractivity contribution in [2.75, 3.05) is 53.9 Å². The highest BCUT2D eigenvalue weighted by atomic mass is 35.5. The molecular weight excluding hydrogens is 612 g/mol. The number of nitrogens with zero attached hydrogens (tertiary/aromatic N) is 4. The van der Waals surface area contributed by atoms with Crippen LogP contribution in [-0.4, -0.2) is 89.1 Å². The van der Waals surface area contributed by atoms with E-state index in [2.05, 4.69) is 21.7 Å². The molecule has 1 saturated heterocycles. The summed E-state index contributed by atoms with van der Waals surface area (Å²) in [6.07, 6.45) is 3.31. The van der Waals surface area contributed by atoms with E-state index in [0.29, 0.717) is 38.8 Å². The molecule has 2 heterocycles. The van der Waals surface area contributed by atoms with E-state index >= 15 is 0 Å². The Kier molecular flexibility index (Phi) is 9.49. The van der Waals surface area contributed by atoms with Crippen LogP contribution in [-0.2, 0) is 31.3 Å². The minimum atomic E-state index is -4.05. The maximum atomic E-state index is 12.2. The second-order valence-electron chi connectivity index (χ2n) is 9.80. The molecule has 1 aliphatic heterocycles. The Labute approximate surface area is 249 Å². The summed E-state index contributed by atoms with van der Waals surface area (Å²) in [4.78, 5) is 20.9. The molecule has 1 N–H and O–H groups in total. The van der Waals surface area contributed by atoms with Gasteiger partial charge in [0.25, 0.3) is 0 Å². The number of halogens is 1. The summed E-state index contributed by atoms with van der Waals surface area (Å²) >= 11 is 7.68. The van der Waals surface area contributed by atoms with Crippen molar-refractivity contribution >= 4 is 59.8 Å². The number of aromatic nitrogens is 1. The van der Waals surface area contributed by atoms with Gasteiger partial charge in [-0.15, -0.1) is 0 Å². The fourth-order valence-corrected chi connectivity index (χ4v) is 8.74. The summed E-state index contributed by atoms with van der Waals surface area (Å²) in [7, 11) is -8.09. The van der Waals surface area contributed by atoms with Crippen LogP contribution >= 0.6 is 22.9 Å². The van der Waals surface area contributed by atoms with Crippen LogP contribution in [0.1, 0.15) is 12.5 Å². The number of hydrogen-bond donors (Lipinski definition) is 1. The van der Waals surface area contributed by atoms with E-state index in [1.807, 2.05) is 0 Å². The van der Waals surface area contributed by atoms with E-state index in [4.69, 9.17) is 21.4 Å². The molecule has 4 rings (SSSR count). The van der Waals surface area contributed by atoms with E-state index in [0.717, 1.165) is 42.2 Å². The first-order valence-corrected chi connectivity index (χ1v) is 17.5. The molecule has 0 radical (unpaired) electrons. The molecule has 222 valence electrons. The third-order valence-electron chi connectivity index (χ3n) is 6.46. The third-order valence-corrected chi connectivity index (χ3v) is 11.1. The number of piperazine rings is 1. The Bertz CT molecular complexity index is 1600. The van der Waals surface area contributed by atoms with Gasteiger partial charge in [0.15, 0.2) is 5.13 Å². The zero-order chi connectivity index (χ0) is 29.9. The van der Waals surface area contributed by atoms with Crippen LogP contribution in [0.25, 0.3) is 10.4 Å². The van der Waals surface area contributed by atoms with Gasteiger partial charge in [0.1, 0.15) is 12.4 Å². The molecule has 1 aromatic heterocycles. The molecule has 2 aromatic carbocycles. The molecule has 0 amide bonds. The molecule has 0 spiro atoms. The molecule has 0 unspecified atom stereocenters. The Morgan fingerprint density at radius 2 is 1.88 bits per heavy atom. The first-order valence-electron chi connectivity index (χ1n) is 12.6. The first-order chi connectivity index (χ1) is 19.2. The van der Waals surface area contributed by atoms with Crippen molar-refractivity contribution in [3.63, 3.8) is 0 Å². The topological polar surface area (TPSA) is 137 Å². The lowest BCUT2D eigenvalue weighted by molar-refractivity contribution is -0.136. The Balaban J connectivity index is 1.38. The van der Waals surface area contributed by atoms with Crippen LogP contribution in [0.5, 0.6) is 5.75 Å². The van der Waals surface area contributed by atoms with Gasteiger partial charge in [-0.2, -0.15) is 3.71 Å². The number of rotatable bonds is 11. The molecule has 1 aliphatic rings. The van der Waals surface area contributed by atoms with Crippen LogP contribution in [0.4, 0.5) is 10.8 Å². The molecule has 3 aromatic rings. The van der Waals surface area contributed by atoms with Gasteiger partial charge in [0.05, 0.1) is 34.5 Å². The molecular formula is C26H31ClN4O7S3. The molecule has 11 nitrogen and oxygen atoms in total. The first kappa shape index (κ1) is 31.0. The van der Waals surface area contributed by atoms with Gasteiger partial charge >= 0.3 is 5.97 Å². The van der Waals surface area contributed by atoms with Crippen molar-refractivity contribution in [3.05, 3.63) is 59.2 Å². The number of anilines is 2. The number of aliphatic carboxylic acids is 1. The van der Waals surface area contributed by atoms with E-state index in [-0.39, 0.29) is 18.2 Å². The van der Waals surface area contributed by atoms with Crippen molar-refractivity contribution in [3.8, 4) is 16.2 Å². The molecule has 0 saturated carbocycles. The summed E-state index contributed by atoms with van der Waals surface area (Å²) in [5, 5.41) is 10.3. The number of carbonyl (C=O) groups is 1. The SMILES string of the molecule is C[C@H]1CN(c2ncc(-c3cccc(N(S(C)(=O)=O)S(C)(=O)=O)c3)s2)CCN1CCOc1cc(CC(=O)O)ccc1Cl. The standard InChI is InChI=1S/C26H31ClN4O7S3/c1-18-17-30(10-9-29(18)11-12-38-23-13-19(14-25(32)33)7-8-22(23)27)26-28-16-24(39-26)20-5-4-6-21(15-20)31(40(2,34)35)41(3,36)37/h4-8,13,15-16,18H,9-12,14,17H2,1-3H3,(H,32,33)/t18-/m0/s1. The minimum Gasteiger partial charge on any atom is -0.491 e. The largest absolute Gasteiger partial charge is 0.491 e. The van der Waals surface area contributed by atoms with Gasteiger partial charge in [-0.3, -0.25) is 9.69 Å². The lowest BCUT2D eigenvalue weighted by atomic mass is 10.1.